The van der Waals surface area contributed by atoms with Gasteiger partial charge in [0.2, 0.25) is 5.91 Å². The number of amides is 1. The molecule has 160 valence electrons. The summed E-state index contributed by atoms with van der Waals surface area (Å²) in [6, 6.07) is 5.83. The number of hydrogen-bond acceptors (Lipinski definition) is 7. The average Bonchev–Trinajstić information content (AvgIpc) is 3.30. The molecule has 7 nitrogen and oxygen atoms in total. The zero-order valence-corrected chi connectivity index (χ0v) is 19.0. The predicted octanol–water partition coefficient (Wildman–Crippen LogP) is 4.22. The summed E-state index contributed by atoms with van der Waals surface area (Å²) in [6.45, 7) is 4.56. The minimum Gasteiger partial charge on any atom is -0.356 e. The highest BCUT2D eigenvalue weighted by molar-refractivity contribution is 7.19. The van der Waals surface area contributed by atoms with E-state index in [0.29, 0.717) is 5.92 Å². The Hall–Kier alpha value is -2.78. The first-order chi connectivity index (χ1) is 15.0. The molecule has 0 spiro atoms. The number of nitrogens with zero attached hydrogens (tertiary/aromatic N) is 2. The lowest BCUT2D eigenvalue weighted by Crippen LogP contribution is -2.34. The first-order valence-electron chi connectivity index (χ1n) is 10.4. The minimum atomic E-state index is -0.0531. The van der Waals surface area contributed by atoms with Crippen LogP contribution in [0, 0.1) is 11.8 Å². The SMILES string of the molecule is CC(C)C(=O)NCC1CCc2c(sc3ncnc(Nc4ccc5[nH]c(=O)sc5c4)c23)C1. The van der Waals surface area contributed by atoms with E-state index in [-0.39, 0.29) is 16.7 Å². The molecule has 1 amide bonds. The standard InChI is InChI=1S/C22H23N5O2S2/c1-11(2)20(28)23-9-12-3-5-14-16(7-12)30-21-18(14)19(24-10-25-21)26-13-4-6-15-17(8-13)31-22(29)27-15/h4,6,8,10-12H,3,5,7,9H2,1-2H3,(H,23,28)(H,27,29)(H,24,25,26). The third-order valence-corrected chi connectivity index (χ3v) is 7.73. The average molecular weight is 454 g/mol. The Kier molecular flexibility index (Phi) is 5.23. The van der Waals surface area contributed by atoms with E-state index in [1.165, 1.54) is 21.8 Å². The lowest BCUT2D eigenvalue weighted by molar-refractivity contribution is -0.124. The quantitative estimate of drug-likeness (QED) is 0.420. The molecular formula is C22H23N5O2S2. The fourth-order valence-electron chi connectivity index (χ4n) is 4.06. The first kappa shape index (κ1) is 20.1. The Bertz CT molecular complexity index is 1340. The van der Waals surface area contributed by atoms with Crippen LogP contribution in [0.15, 0.2) is 29.3 Å². The molecule has 1 atom stereocenters. The van der Waals surface area contributed by atoms with Crippen LogP contribution < -0.4 is 15.5 Å². The molecule has 3 heterocycles. The summed E-state index contributed by atoms with van der Waals surface area (Å²) in [5.74, 6) is 1.38. The van der Waals surface area contributed by atoms with Gasteiger partial charge in [0.05, 0.1) is 15.6 Å². The van der Waals surface area contributed by atoms with Crippen molar-refractivity contribution in [1.29, 1.82) is 0 Å². The summed E-state index contributed by atoms with van der Waals surface area (Å²) in [5, 5.41) is 7.61. The number of hydrogen-bond donors (Lipinski definition) is 3. The molecule has 0 radical (unpaired) electrons. The van der Waals surface area contributed by atoms with E-state index in [4.69, 9.17) is 0 Å². The van der Waals surface area contributed by atoms with Crippen molar-refractivity contribution < 1.29 is 4.79 Å². The zero-order valence-electron chi connectivity index (χ0n) is 17.3. The van der Waals surface area contributed by atoms with Crippen LogP contribution in [0.25, 0.3) is 20.4 Å². The minimum absolute atomic E-state index is 0.0129. The molecule has 0 saturated carbocycles. The number of anilines is 2. The van der Waals surface area contributed by atoms with Crippen LogP contribution in [0.4, 0.5) is 11.5 Å². The van der Waals surface area contributed by atoms with E-state index in [1.54, 1.807) is 17.7 Å². The molecule has 1 aliphatic rings. The van der Waals surface area contributed by atoms with Gasteiger partial charge in [0.1, 0.15) is 17.0 Å². The van der Waals surface area contributed by atoms with Crippen molar-refractivity contribution in [3.63, 3.8) is 0 Å². The number of H-pyrrole nitrogens is 1. The maximum absolute atomic E-state index is 11.9. The third-order valence-electron chi connectivity index (χ3n) is 5.72. The topological polar surface area (TPSA) is 99.8 Å². The van der Waals surface area contributed by atoms with Gasteiger partial charge in [-0.25, -0.2) is 9.97 Å². The molecule has 1 unspecified atom stereocenters. The van der Waals surface area contributed by atoms with E-state index in [2.05, 4.69) is 25.6 Å². The van der Waals surface area contributed by atoms with Gasteiger partial charge in [-0.15, -0.1) is 11.3 Å². The summed E-state index contributed by atoms with van der Waals surface area (Å²) in [7, 11) is 0. The summed E-state index contributed by atoms with van der Waals surface area (Å²) in [6.07, 6.45) is 4.55. The van der Waals surface area contributed by atoms with Gasteiger partial charge in [-0.2, -0.15) is 0 Å². The van der Waals surface area contributed by atoms with E-state index in [9.17, 15) is 9.59 Å². The number of carbonyl (C=O) groups excluding carboxylic acids is 1. The summed E-state index contributed by atoms with van der Waals surface area (Å²) >= 11 is 2.93. The van der Waals surface area contributed by atoms with Gasteiger partial charge in [-0.3, -0.25) is 9.59 Å². The first-order valence-corrected chi connectivity index (χ1v) is 12.0. The van der Waals surface area contributed by atoms with Crippen LogP contribution >= 0.6 is 22.7 Å². The van der Waals surface area contributed by atoms with Crippen LogP contribution in [0.2, 0.25) is 0 Å². The number of aryl methyl sites for hydroxylation is 1. The number of thiophene rings is 1. The third kappa shape index (κ3) is 3.95. The molecular weight excluding hydrogens is 430 g/mol. The van der Waals surface area contributed by atoms with Crippen molar-refractivity contribution >= 4 is 60.5 Å². The van der Waals surface area contributed by atoms with Crippen molar-refractivity contribution in [1.82, 2.24) is 20.3 Å². The number of aromatic amines is 1. The fourth-order valence-corrected chi connectivity index (χ4v) is 6.13. The number of aromatic nitrogens is 3. The van der Waals surface area contributed by atoms with Gasteiger partial charge < -0.3 is 15.6 Å². The molecule has 1 aliphatic carbocycles. The lowest BCUT2D eigenvalue weighted by Gasteiger charge is -2.23. The molecule has 4 aromatic rings. The Morgan fingerprint density at radius 3 is 3.00 bits per heavy atom. The molecule has 0 saturated heterocycles. The van der Waals surface area contributed by atoms with Crippen LogP contribution in [0.3, 0.4) is 0 Å². The molecule has 5 rings (SSSR count). The number of benzene rings is 1. The van der Waals surface area contributed by atoms with Gasteiger partial charge in [0.25, 0.3) is 0 Å². The van der Waals surface area contributed by atoms with Crippen LogP contribution in [-0.2, 0) is 17.6 Å². The Morgan fingerprint density at radius 2 is 2.16 bits per heavy atom. The monoisotopic (exact) mass is 453 g/mol. The maximum Gasteiger partial charge on any atom is 0.305 e. The lowest BCUT2D eigenvalue weighted by atomic mass is 9.87. The van der Waals surface area contributed by atoms with Crippen molar-refractivity contribution in [2.45, 2.75) is 33.1 Å². The summed E-state index contributed by atoms with van der Waals surface area (Å²) < 4.78 is 0.916. The number of carbonyl (C=O) groups is 1. The normalized spacial score (nSPS) is 16.0. The second-order valence-corrected chi connectivity index (χ2v) is 10.4. The predicted molar refractivity (Wildman–Crippen MR) is 127 cm³/mol. The molecule has 0 aliphatic heterocycles. The highest BCUT2D eigenvalue weighted by Gasteiger charge is 2.25. The smallest absolute Gasteiger partial charge is 0.305 e. The van der Waals surface area contributed by atoms with Gasteiger partial charge in [0.15, 0.2) is 0 Å². The van der Waals surface area contributed by atoms with E-state index in [0.717, 1.165) is 57.7 Å². The van der Waals surface area contributed by atoms with E-state index >= 15 is 0 Å². The Morgan fingerprint density at radius 1 is 1.29 bits per heavy atom. The van der Waals surface area contributed by atoms with Crippen molar-refractivity contribution in [2.24, 2.45) is 11.8 Å². The second-order valence-electron chi connectivity index (χ2n) is 8.27. The van der Waals surface area contributed by atoms with Crippen molar-refractivity contribution in [3.05, 3.63) is 44.6 Å². The number of thiazole rings is 1. The molecule has 9 heteroatoms. The number of rotatable bonds is 5. The molecule has 1 aromatic carbocycles. The molecule has 31 heavy (non-hydrogen) atoms. The fraction of sp³-hybridized carbons (Fsp3) is 0.364. The summed E-state index contributed by atoms with van der Waals surface area (Å²) in [4.78, 5) is 37.7. The van der Waals surface area contributed by atoms with Gasteiger partial charge >= 0.3 is 4.87 Å². The van der Waals surface area contributed by atoms with Gasteiger partial charge in [-0.1, -0.05) is 25.2 Å². The number of fused-ring (bicyclic) bond motifs is 4. The van der Waals surface area contributed by atoms with Gasteiger partial charge in [-0.05, 0) is 48.9 Å². The van der Waals surface area contributed by atoms with Crippen molar-refractivity contribution in [3.8, 4) is 0 Å². The number of nitrogens with one attached hydrogen (secondary N) is 3. The van der Waals surface area contributed by atoms with Gasteiger partial charge in [0, 0.05) is 23.0 Å². The van der Waals surface area contributed by atoms with Crippen LogP contribution in [0.5, 0.6) is 0 Å². The highest BCUT2D eigenvalue weighted by atomic mass is 32.1. The molecule has 3 aromatic heterocycles. The van der Waals surface area contributed by atoms with Crippen LogP contribution in [-0.4, -0.2) is 27.4 Å². The summed E-state index contributed by atoms with van der Waals surface area (Å²) in [5.41, 5.74) is 3.06. The van der Waals surface area contributed by atoms with Crippen LogP contribution in [0.1, 0.15) is 30.7 Å². The zero-order chi connectivity index (χ0) is 21.5. The van der Waals surface area contributed by atoms with E-state index < -0.39 is 0 Å². The largest absolute Gasteiger partial charge is 0.356 e. The Balaban J connectivity index is 1.41. The maximum atomic E-state index is 11.9. The highest BCUT2D eigenvalue weighted by Crippen LogP contribution is 2.40. The molecule has 0 fully saturated rings. The Labute approximate surface area is 186 Å². The second kappa shape index (κ2) is 8.05. The molecule has 0 bridgehead atoms. The van der Waals surface area contributed by atoms with Crippen molar-refractivity contribution in [2.75, 3.05) is 11.9 Å². The molecule has 3 N–H and O–H groups in total. The van der Waals surface area contributed by atoms with E-state index in [1.807, 2.05) is 32.0 Å².